The second-order valence-electron chi connectivity index (χ2n) is 10.5. The first kappa shape index (κ1) is 22.7. The molecule has 190 valence electrons. The van der Waals surface area contributed by atoms with Crippen molar-refractivity contribution in [3.63, 3.8) is 0 Å². The van der Waals surface area contributed by atoms with Gasteiger partial charge in [0.15, 0.2) is 0 Å². The minimum Gasteiger partial charge on any atom is -0.356 e. The first-order chi connectivity index (χ1) is 19.7. The lowest BCUT2D eigenvalue weighted by molar-refractivity contribution is 1.18. The Labute approximate surface area is 232 Å². The van der Waals surface area contributed by atoms with E-state index in [4.69, 9.17) is 0 Å². The Kier molecular flexibility index (Phi) is 5.04. The van der Waals surface area contributed by atoms with Crippen LogP contribution < -0.4 is 5.32 Å². The topological polar surface area (TPSA) is 21.9 Å². The number of hydrogen-bond donors (Lipinski definition) is 1. The zero-order valence-electron chi connectivity index (χ0n) is 22.2. The van der Waals surface area contributed by atoms with E-state index in [1.165, 1.54) is 49.2 Å². The molecule has 0 aliphatic carbocycles. The molecule has 8 aromatic rings. The molecule has 0 saturated heterocycles. The highest BCUT2D eigenvalue weighted by Gasteiger charge is 2.13. The monoisotopic (exact) mass is 513 g/mol. The molecule has 1 N–H and O–H groups in total. The van der Waals surface area contributed by atoms with Gasteiger partial charge in [-0.3, -0.25) is 0 Å². The van der Waals surface area contributed by atoms with Crippen molar-refractivity contribution in [3.8, 4) is 11.4 Å². The SMILES string of the molecule is Cc1ccc2c(c1)c1ccccc1n2-c1ccc(Nc2ccc(-n3c4ccccc4c4ccccc43)cc2)cc1. The van der Waals surface area contributed by atoms with Crippen LogP contribution >= 0.6 is 0 Å². The summed E-state index contributed by atoms with van der Waals surface area (Å²) in [6.45, 7) is 2.15. The fourth-order valence-electron chi connectivity index (χ4n) is 6.12. The Bertz CT molecular complexity index is 2130. The van der Waals surface area contributed by atoms with Crippen LogP contribution in [0.5, 0.6) is 0 Å². The average molecular weight is 514 g/mol. The van der Waals surface area contributed by atoms with Crippen LogP contribution in [0.1, 0.15) is 5.56 Å². The van der Waals surface area contributed by atoms with Gasteiger partial charge in [0, 0.05) is 44.3 Å². The summed E-state index contributed by atoms with van der Waals surface area (Å²) in [4.78, 5) is 0. The van der Waals surface area contributed by atoms with Gasteiger partial charge in [0.2, 0.25) is 0 Å². The first-order valence-electron chi connectivity index (χ1n) is 13.7. The number of nitrogens with zero attached hydrogens (tertiary/aromatic N) is 2. The Balaban J connectivity index is 1.12. The van der Waals surface area contributed by atoms with E-state index >= 15 is 0 Å². The van der Waals surface area contributed by atoms with Crippen LogP contribution in [0.25, 0.3) is 55.0 Å². The molecule has 0 unspecified atom stereocenters. The van der Waals surface area contributed by atoms with Crippen LogP contribution in [0, 0.1) is 6.92 Å². The van der Waals surface area contributed by atoms with Crippen molar-refractivity contribution in [2.24, 2.45) is 0 Å². The predicted molar refractivity (Wildman–Crippen MR) is 170 cm³/mol. The summed E-state index contributed by atoms with van der Waals surface area (Å²) >= 11 is 0. The molecular weight excluding hydrogens is 486 g/mol. The minimum absolute atomic E-state index is 1.06. The number of aryl methyl sites for hydroxylation is 1. The number of fused-ring (bicyclic) bond motifs is 6. The number of nitrogens with one attached hydrogen (secondary N) is 1. The smallest absolute Gasteiger partial charge is 0.0541 e. The highest BCUT2D eigenvalue weighted by atomic mass is 15.0. The van der Waals surface area contributed by atoms with Gasteiger partial charge >= 0.3 is 0 Å². The molecule has 0 fully saturated rings. The number of para-hydroxylation sites is 3. The van der Waals surface area contributed by atoms with E-state index in [-0.39, 0.29) is 0 Å². The van der Waals surface area contributed by atoms with Crippen LogP contribution in [0.15, 0.2) is 140 Å². The molecule has 0 aliphatic heterocycles. The molecule has 0 spiro atoms. The van der Waals surface area contributed by atoms with E-state index in [0.29, 0.717) is 0 Å². The van der Waals surface area contributed by atoms with Crippen molar-refractivity contribution in [3.05, 3.63) is 145 Å². The largest absolute Gasteiger partial charge is 0.356 e. The van der Waals surface area contributed by atoms with Crippen LogP contribution in [0.4, 0.5) is 11.4 Å². The van der Waals surface area contributed by atoms with E-state index in [1.807, 2.05) is 0 Å². The van der Waals surface area contributed by atoms with E-state index in [2.05, 4.69) is 161 Å². The number of anilines is 2. The third-order valence-electron chi connectivity index (χ3n) is 7.95. The van der Waals surface area contributed by atoms with E-state index in [1.54, 1.807) is 0 Å². The molecule has 0 radical (unpaired) electrons. The van der Waals surface area contributed by atoms with Gasteiger partial charge in [-0.1, -0.05) is 66.2 Å². The molecule has 0 atom stereocenters. The molecule has 3 heteroatoms. The van der Waals surface area contributed by atoms with Gasteiger partial charge in [0.05, 0.1) is 22.1 Å². The summed E-state index contributed by atoms with van der Waals surface area (Å²) in [6, 6.07) is 50.0. The standard InChI is InChI=1S/C37H27N3/c1-25-14-23-37-33(24-25)32-10-4-7-13-36(32)40(37)29-21-17-27(18-22-29)38-26-15-19-28(20-16-26)39-34-11-5-2-8-30(34)31-9-3-6-12-35(31)39/h2-24,38H,1H3. The summed E-state index contributed by atoms with van der Waals surface area (Å²) in [5.41, 5.74) is 10.6. The first-order valence-corrected chi connectivity index (χ1v) is 13.7. The second-order valence-corrected chi connectivity index (χ2v) is 10.5. The average Bonchev–Trinajstić information content (AvgIpc) is 3.51. The van der Waals surface area contributed by atoms with Crippen molar-refractivity contribution >= 4 is 55.0 Å². The maximum absolute atomic E-state index is 3.59. The van der Waals surface area contributed by atoms with Gasteiger partial charge in [-0.2, -0.15) is 0 Å². The van der Waals surface area contributed by atoms with E-state index in [9.17, 15) is 0 Å². The maximum atomic E-state index is 3.59. The fraction of sp³-hybridized carbons (Fsp3) is 0.0270. The van der Waals surface area contributed by atoms with Gasteiger partial charge in [-0.15, -0.1) is 0 Å². The molecule has 8 rings (SSSR count). The highest BCUT2D eigenvalue weighted by Crippen LogP contribution is 2.34. The summed E-state index contributed by atoms with van der Waals surface area (Å²) < 4.78 is 4.70. The van der Waals surface area contributed by atoms with Crippen molar-refractivity contribution in [2.75, 3.05) is 5.32 Å². The van der Waals surface area contributed by atoms with Gasteiger partial charge in [0.25, 0.3) is 0 Å². The third-order valence-corrected chi connectivity index (χ3v) is 7.95. The summed E-state index contributed by atoms with van der Waals surface area (Å²) in [7, 11) is 0. The molecule has 2 heterocycles. The quantitative estimate of drug-likeness (QED) is 0.248. The van der Waals surface area contributed by atoms with Crippen LogP contribution in [-0.2, 0) is 0 Å². The summed E-state index contributed by atoms with van der Waals surface area (Å²) in [5.74, 6) is 0. The Morgan fingerprint density at radius 3 is 1.27 bits per heavy atom. The third kappa shape index (κ3) is 3.52. The Morgan fingerprint density at radius 1 is 0.400 bits per heavy atom. The highest BCUT2D eigenvalue weighted by molar-refractivity contribution is 6.10. The van der Waals surface area contributed by atoms with Crippen molar-refractivity contribution in [2.45, 2.75) is 6.92 Å². The number of hydrogen-bond acceptors (Lipinski definition) is 1. The molecule has 0 saturated carbocycles. The number of benzene rings is 6. The zero-order valence-corrected chi connectivity index (χ0v) is 22.2. The molecule has 0 bridgehead atoms. The second kappa shape index (κ2) is 8.89. The molecule has 6 aromatic carbocycles. The van der Waals surface area contributed by atoms with Crippen LogP contribution in [0.3, 0.4) is 0 Å². The lowest BCUT2D eigenvalue weighted by Crippen LogP contribution is -1.96. The van der Waals surface area contributed by atoms with E-state index < -0.39 is 0 Å². The molecular formula is C37H27N3. The van der Waals surface area contributed by atoms with Crippen molar-refractivity contribution in [1.29, 1.82) is 0 Å². The molecule has 3 nitrogen and oxygen atoms in total. The molecule has 0 aliphatic rings. The van der Waals surface area contributed by atoms with Gasteiger partial charge in [0.1, 0.15) is 0 Å². The number of rotatable bonds is 4. The van der Waals surface area contributed by atoms with Crippen molar-refractivity contribution < 1.29 is 0 Å². The lowest BCUT2D eigenvalue weighted by Gasteiger charge is -2.12. The van der Waals surface area contributed by atoms with Gasteiger partial charge in [-0.25, -0.2) is 0 Å². The summed E-state index contributed by atoms with van der Waals surface area (Å²) in [6.07, 6.45) is 0. The van der Waals surface area contributed by atoms with Gasteiger partial charge < -0.3 is 14.5 Å². The zero-order chi connectivity index (χ0) is 26.6. The van der Waals surface area contributed by atoms with Crippen LogP contribution in [-0.4, -0.2) is 9.13 Å². The van der Waals surface area contributed by atoms with Gasteiger partial charge in [-0.05, 0) is 85.8 Å². The summed E-state index contributed by atoms with van der Waals surface area (Å²) in [5, 5.41) is 8.72. The lowest BCUT2D eigenvalue weighted by atomic mass is 10.1. The number of aromatic nitrogens is 2. The maximum Gasteiger partial charge on any atom is 0.0541 e. The molecule has 2 aromatic heterocycles. The Hall–Kier alpha value is -5.28. The Morgan fingerprint density at radius 2 is 0.800 bits per heavy atom. The molecule has 40 heavy (non-hydrogen) atoms. The fourth-order valence-corrected chi connectivity index (χ4v) is 6.12. The minimum atomic E-state index is 1.06. The van der Waals surface area contributed by atoms with E-state index in [0.717, 1.165) is 22.7 Å². The predicted octanol–water partition coefficient (Wildman–Crippen LogP) is 9.93. The normalized spacial score (nSPS) is 11.6. The van der Waals surface area contributed by atoms with Crippen molar-refractivity contribution in [1.82, 2.24) is 9.13 Å². The molecule has 0 amide bonds. The van der Waals surface area contributed by atoms with Crippen LogP contribution in [0.2, 0.25) is 0 Å².